The van der Waals surface area contributed by atoms with E-state index in [4.69, 9.17) is 23.2 Å². The normalized spacial score (nSPS) is 12.2. The van der Waals surface area contributed by atoms with Gasteiger partial charge in [-0.2, -0.15) is 13.2 Å². The molecule has 0 radical (unpaired) electrons. The number of rotatable bonds is 3. The highest BCUT2D eigenvalue weighted by atomic mass is 35.5. The second-order valence-electron chi connectivity index (χ2n) is 3.18. The van der Waals surface area contributed by atoms with Crippen LogP contribution in [0.25, 0.3) is 0 Å². The lowest BCUT2D eigenvalue weighted by Crippen LogP contribution is -2.13. The fraction of sp³-hybridized carbons (Fsp3) is 0.200. The van der Waals surface area contributed by atoms with E-state index in [9.17, 15) is 18.0 Å². The summed E-state index contributed by atoms with van der Waals surface area (Å²) in [6.45, 7) is 0. The van der Waals surface area contributed by atoms with Crippen LogP contribution in [0, 0.1) is 0 Å². The summed E-state index contributed by atoms with van der Waals surface area (Å²) in [5.74, 6) is -0.154. The molecule has 0 fully saturated rings. The molecular weight excluding hydrogens is 308 g/mol. The molecule has 0 aliphatic rings. The van der Waals surface area contributed by atoms with E-state index < -0.39 is 17.8 Å². The van der Waals surface area contributed by atoms with Crippen LogP contribution >= 0.6 is 23.2 Å². The van der Waals surface area contributed by atoms with E-state index in [0.29, 0.717) is 0 Å². The SMILES string of the molecule is O=C(Nc1cccc(C(F)(F)F)c1)O/N=C(/Cl)CCl. The van der Waals surface area contributed by atoms with Gasteiger partial charge in [-0.1, -0.05) is 22.8 Å². The van der Waals surface area contributed by atoms with Gasteiger partial charge in [-0.15, -0.1) is 11.6 Å². The summed E-state index contributed by atoms with van der Waals surface area (Å²) in [6.07, 6.45) is -5.58. The molecule has 0 atom stereocenters. The Hall–Kier alpha value is -1.47. The summed E-state index contributed by atoms with van der Waals surface area (Å²) in [7, 11) is 0. The molecule has 9 heteroatoms. The van der Waals surface area contributed by atoms with Crippen LogP contribution in [0.1, 0.15) is 5.56 Å². The van der Waals surface area contributed by atoms with Gasteiger partial charge in [0.1, 0.15) is 0 Å². The highest BCUT2D eigenvalue weighted by Crippen LogP contribution is 2.30. The Balaban J connectivity index is 2.70. The monoisotopic (exact) mass is 314 g/mol. The Kier molecular flexibility index (Phi) is 5.44. The molecule has 104 valence electrons. The Morgan fingerprint density at radius 3 is 2.68 bits per heavy atom. The highest BCUT2D eigenvalue weighted by Gasteiger charge is 2.30. The van der Waals surface area contributed by atoms with Crippen molar-refractivity contribution < 1.29 is 22.8 Å². The number of benzene rings is 1. The molecule has 4 nitrogen and oxygen atoms in total. The number of oxime groups is 1. The standard InChI is InChI=1S/C10H7Cl2F3N2O2/c11-5-8(12)17-19-9(18)16-7-3-1-2-6(4-7)10(13,14)15/h1-4H,5H2,(H,16,18)/b17-8+. The quantitative estimate of drug-likeness (QED) is 0.396. The van der Waals surface area contributed by atoms with Gasteiger partial charge in [0, 0.05) is 5.69 Å². The smallest absolute Gasteiger partial charge is 0.297 e. The van der Waals surface area contributed by atoms with Crippen LogP contribution in [0.5, 0.6) is 0 Å². The van der Waals surface area contributed by atoms with Gasteiger partial charge < -0.3 is 0 Å². The number of carbonyl (C=O) groups is 1. The van der Waals surface area contributed by atoms with Crippen molar-refractivity contribution in [3.05, 3.63) is 29.8 Å². The molecule has 0 aliphatic carbocycles. The number of alkyl halides is 4. The van der Waals surface area contributed by atoms with Crippen molar-refractivity contribution in [1.29, 1.82) is 0 Å². The van der Waals surface area contributed by atoms with Crippen molar-refractivity contribution in [2.45, 2.75) is 6.18 Å². The van der Waals surface area contributed by atoms with Gasteiger partial charge in [-0.25, -0.2) is 4.79 Å². The molecule has 0 bridgehead atoms. The Labute approximate surface area is 116 Å². The molecule has 0 unspecified atom stereocenters. The lowest BCUT2D eigenvalue weighted by atomic mass is 10.2. The molecule has 19 heavy (non-hydrogen) atoms. The van der Waals surface area contributed by atoms with Crippen LogP contribution in [0.15, 0.2) is 29.4 Å². The minimum atomic E-state index is -4.50. The Bertz CT molecular complexity index is 492. The first-order valence-electron chi connectivity index (χ1n) is 4.76. The van der Waals surface area contributed by atoms with E-state index in [1.807, 2.05) is 0 Å². The van der Waals surface area contributed by atoms with Gasteiger partial charge in [0.15, 0.2) is 5.17 Å². The van der Waals surface area contributed by atoms with Gasteiger partial charge in [0.2, 0.25) is 0 Å². The van der Waals surface area contributed by atoms with Crippen molar-refractivity contribution in [3.8, 4) is 0 Å². The van der Waals surface area contributed by atoms with Gasteiger partial charge in [0.05, 0.1) is 11.4 Å². The number of nitrogens with one attached hydrogen (secondary N) is 1. The second kappa shape index (κ2) is 6.63. The van der Waals surface area contributed by atoms with E-state index in [-0.39, 0.29) is 16.7 Å². The fourth-order valence-corrected chi connectivity index (χ4v) is 1.11. The lowest BCUT2D eigenvalue weighted by Gasteiger charge is -2.08. The first kappa shape index (κ1) is 15.6. The summed E-state index contributed by atoms with van der Waals surface area (Å²) in [5, 5.41) is 5.02. The summed E-state index contributed by atoms with van der Waals surface area (Å²) in [5.41, 5.74) is -0.982. The van der Waals surface area contributed by atoms with Crippen LogP contribution < -0.4 is 5.32 Å². The van der Waals surface area contributed by atoms with Gasteiger partial charge in [0.25, 0.3) is 0 Å². The van der Waals surface area contributed by atoms with Crippen LogP contribution in [-0.2, 0) is 11.0 Å². The molecule has 0 saturated carbocycles. The van der Waals surface area contributed by atoms with E-state index in [2.05, 4.69) is 15.3 Å². The molecule has 1 N–H and O–H groups in total. The molecule has 1 aromatic carbocycles. The summed E-state index contributed by atoms with van der Waals surface area (Å²) >= 11 is 10.6. The fourth-order valence-electron chi connectivity index (χ4n) is 1.03. The summed E-state index contributed by atoms with van der Waals surface area (Å²) in [4.78, 5) is 15.4. The summed E-state index contributed by atoms with van der Waals surface area (Å²) < 4.78 is 37.2. The van der Waals surface area contributed by atoms with Crippen molar-refractivity contribution >= 4 is 40.2 Å². The van der Waals surface area contributed by atoms with E-state index in [0.717, 1.165) is 18.2 Å². The first-order chi connectivity index (χ1) is 8.82. The molecular formula is C10H7Cl2F3N2O2. The number of hydrogen-bond acceptors (Lipinski definition) is 3. The predicted octanol–water partition coefficient (Wildman–Crippen LogP) is 4.05. The van der Waals surface area contributed by atoms with Gasteiger partial charge >= 0.3 is 12.3 Å². The van der Waals surface area contributed by atoms with E-state index >= 15 is 0 Å². The van der Waals surface area contributed by atoms with Gasteiger partial charge in [-0.05, 0) is 18.2 Å². The van der Waals surface area contributed by atoms with Crippen LogP contribution in [0.3, 0.4) is 0 Å². The zero-order valence-corrected chi connectivity index (χ0v) is 10.7. The van der Waals surface area contributed by atoms with Crippen LogP contribution in [0.4, 0.5) is 23.7 Å². The van der Waals surface area contributed by atoms with Crippen molar-refractivity contribution in [1.82, 2.24) is 0 Å². The van der Waals surface area contributed by atoms with Crippen LogP contribution in [0.2, 0.25) is 0 Å². The lowest BCUT2D eigenvalue weighted by molar-refractivity contribution is -0.137. The second-order valence-corrected chi connectivity index (χ2v) is 3.89. The largest absolute Gasteiger partial charge is 0.437 e. The zero-order chi connectivity index (χ0) is 14.5. The average Bonchev–Trinajstić information content (AvgIpc) is 2.35. The third-order valence-corrected chi connectivity index (χ3v) is 2.37. The minimum Gasteiger partial charge on any atom is -0.297 e. The van der Waals surface area contributed by atoms with E-state index in [1.165, 1.54) is 6.07 Å². The molecule has 1 rings (SSSR count). The number of nitrogens with zero attached hydrogens (tertiary/aromatic N) is 1. The maximum absolute atomic E-state index is 12.4. The van der Waals surface area contributed by atoms with Crippen LogP contribution in [-0.4, -0.2) is 17.1 Å². The molecule has 0 heterocycles. The van der Waals surface area contributed by atoms with Crippen molar-refractivity contribution in [2.75, 3.05) is 11.2 Å². The molecule has 0 spiro atoms. The number of halogens is 5. The molecule has 0 saturated heterocycles. The van der Waals surface area contributed by atoms with E-state index in [1.54, 1.807) is 0 Å². The highest BCUT2D eigenvalue weighted by molar-refractivity contribution is 6.69. The maximum Gasteiger partial charge on any atom is 0.437 e. The first-order valence-corrected chi connectivity index (χ1v) is 5.68. The Morgan fingerprint density at radius 1 is 1.42 bits per heavy atom. The average molecular weight is 315 g/mol. The third kappa shape index (κ3) is 5.35. The predicted molar refractivity (Wildman–Crippen MR) is 65.6 cm³/mol. The topological polar surface area (TPSA) is 50.7 Å². The zero-order valence-electron chi connectivity index (χ0n) is 9.17. The van der Waals surface area contributed by atoms with Gasteiger partial charge in [-0.3, -0.25) is 10.2 Å². The Morgan fingerprint density at radius 2 is 2.11 bits per heavy atom. The maximum atomic E-state index is 12.4. The number of hydrogen-bond donors (Lipinski definition) is 1. The number of carbonyl (C=O) groups excluding carboxylic acids is 1. The summed E-state index contributed by atoms with van der Waals surface area (Å²) in [6, 6.07) is 4.05. The molecule has 0 aliphatic heterocycles. The number of anilines is 1. The third-order valence-electron chi connectivity index (χ3n) is 1.77. The molecule has 1 aromatic rings. The minimum absolute atomic E-state index is 0.0861. The molecule has 1 amide bonds. The van der Waals surface area contributed by atoms with Crippen molar-refractivity contribution in [3.63, 3.8) is 0 Å². The molecule has 0 aromatic heterocycles. The number of amides is 1. The van der Waals surface area contributed by atoms with Crippen molar-refractivity contribution in [2.24, 2.45) is 5.16 Å².